The van der Waals surface area contributed by atoms with Crippen LogP contribution in [-0.4, -0.2) is 46.3 Å². The minimum Gasteiger partial charge on any atom is -0.487 e. The number of aromatic nitrogens is 3. The second-order valence-electron chi connectivity index (χ2n) is 6.67. The van der Waals surface area contributed by atoms with E-state index in [0.717, 1.165) is 10.9 Å². The fraction of sp³-hybridized carbons (Fsp3) is 0.200. The zero-order chi connectivity index (χ0) is 21.3. The third-order valence-electron chi connectivity index (χ3n) is 4.63. The Labute approximate surface area is 170 Å². The summed E-state index contributed by atoms with van der Waals surface area (Å²) in [4.78, 5) is 30.6. The molecule has 0 bridgehead atoms. The molecule has 1 atom stereocenters. The van der Waals surface area contributed by atoms with Crippen molar-refractivity contribution in [2.75, 3.05) is 18.6 Å². The molecule has 4 rings (SSSR count). The fourth-order valence-corrected chi connectivity index (χ4v) is 3.09. The van der Waals surface area contributed by atoms with E-state index in [1.807, 2.05) is 0 Å². The Bertz CT molecular complexity index is 1120. The summed E-state index contributed by atoms with van der Waals surface area (Å²) in [5.74, 6) is -1.98. The van der Waals surface area contributed by atoms with Gasteiger partial charge >= 0.3 is 0 Å². The van der Waals surface area contributed by atoms with Crippen LogP contribution in [0.2, 0.25) is 0 Å². The summed E-state index contributed by atoms with van der Waals surface area (Å²) in [6.07, 6.45) is 2.52. The Morgan fingerprint density at radius 1 is 1.23 bits per heavy atom. The van der Waals surface area contributed by atoms with Gasteiger partial charge in [-0.3, -0.25) is 19.2 Å². The standard InChI is InChI=1S/C20H17F2N5O3/c1-26-18-16(7-4-8-23-18)30-11-15(20(26)29)24-19(28)17-14(22)10-27(25-17)9-12-5-2-3-6-13(12)21/h2-8,10,15H,9,11H2,1H3,(H,24,28). The highest BCUT2D eigenvalue weighted by atomic mass is 19.1. The van der Waals surface area contributed by atoms with E-state index in [-0.39, 0.29) is 13.2 Å². The highest BCUT2D eigenvalue weighted by Gasteiger charge is 2.32. The molecule has 3 aromatic rings. The Hall–Kier alpha value is -3.82. The molecule has 0 spiro atoms. The van der Waals surface area contributed by atoms with Gasteiger partial charge in [0.1, 0.15) is 18.5 Å². The molecule has 3 heterocycles. The number of carbonyl (C=O) groups is 2. The van der Waals surface area contributed by atoms with E-state index in [4.69, 9.17) is 4.74 Å². The first kappa shape index (κ1) is 19.5. The molecule has 0 fully saturated rings. The first-order valence-electron chi connectivity index (χ1n) is 9.06. The second-order valence-corrected chi connectivity index (χ2v) is 6.67. The molecule has 2 aromatic heterocycles. The van der Waals surface area contributed by atoms with Crippen LogP contribution in [0.5, 0.6) is 5.75 Å². The van der Waals surface area contributed by atoms with Gasteiger partial charge in [-0.1, -0.05) is 18.2 Å². The third-order valence-corrected chi connectivity index (χ3v) is 4.63. The predicted molar refractivity (Wildman–Crippen MR) is 102 cm³/mol. The number of hydrogen-bond acceptors (Lipinski definition) is 5. The van der Waals surface area contributed by atoms with Gasteiger partial charge in [-0.15, -0.1) is 0 Å². The SMILES string of the molecule is CN1C(=O)C(NC(=O)c2nn(Cc3ccccc3F)cc2F)COc2cccnc21. The second kappa shape index (κ2) is 7.90. The predicted octanol–water partition coefficient (Wildman–Crippen LogP) is 1.76. The number of anilines is 1. The minimum atomic E-state index is -1.06. The van der Waals surface area contributed by atoms with Crippen molar-refractivity contribution in [3.63, 3.8) is 0 Å². The van der Waals surface area contributed by atoms with Crippen LogP contribution in [-0.2, 0) is 11.3 Å². The van der Waals surface area contributed by atoms with Crippen LogP contribution in [0.3, 0.4) is 0 Å². The number of rotatable bonds is 4. The molecular formula is C20H17F2N5O3. The van der Waals surface area contributed by atoms with Crippen LogP contribution < -0.4 is 15.0 Å². The van der Waals surface area contributed by atoms with Crippen molar-refractivity contribution >= 4 is 17.6 Å². The maximum Gasteiger partial charge on any atom is 0.275 e. The molecule has 1 aliphatic heterocycles. The highest BCUT2D eigenvalue weighted by molar-refractivity contribution is 6.02. The van der Waals surface area contributed by atoms with Crippen molar-refractivity contribution in [1.29, 1.82) is 0 Å². The van der Waals surface area contributed by atoms with Crippen molar-refractivity contribution in [2.45, 2.75) is 12.6 Å². The quantitative estimate of drug-likeness (QED) is 0.704. The van der Waals surface area contributed by atoms with E-state index in [1.165, 1.54) is 36.3 Å². The summed E-state index contributed by atoms with van der Waals surface area (Å²) in [6.45, 7) is -0.197. The number of nitrogens with one attached hydrogen (secondary N) is 1. The molecule has 1 unspecified atom stereocenters. The molecule has 1 aromatic carbocycles. The number of ether oxygens (including phenoxy) is 1. The molecule has 0 radical (unpaired) electrons. The van der Waals surface area contributed by atoms with E-state index in [0.29, 0.717) is 17.1 Å². The van der Waals surface area contributed by atoms with Crippen LogP contribution in [0.1, 0.15) is 16.1 Å². The summed E-state index contributed by atoms with van der Waals surface area (Å²) in [5.41, 5.74) is -0.201. The fourth-order valence-electron chi connectivity index (χ4n) is 3.09. The van der Waals surface area contributed by atoms with Gasteiger partial charge in [0.25, 0.3) is 11.8 Å². The molecule has 8 nitrogen and oxygen atoms in total. The van der Waals surface area contributed by atoms with Crippen molar-refractivity contribution in [1.82, 2.24) is 20.1 Å². The number of fused-ring (bicyclic) bond motifs is 1. The van der Waals surface area contributed by atoms with Gasteiger partial charge in [0.05, 0.1) is 12.7 Å². The van der Waals surface area contributed by atoms with Gasteiger partial charge < -0.3 is 10.1 Å². The highest BCUT2D eigenvalue weighted by Crippen LogP contribution is 2.27. The first-order valence-corrected chi connectivity index (χ1v) is 9.06. The zero-order valence-electron chi connectivity index (χ0n) is 15.9. The summed E-state index contributed by atoms with van der Waals surface area (Å²) in [6, 6.07) is 8.26. The smallest absolute Gasteiger partial charge is 0.275 e. The third kappa shape index (κ3) is 3.71. The molecule has 30 heavy (non-hydrogen) atoms. The molecule has 0 saturated heterocycles. The lowest BCUT2D eigenvalue weighted by atomic mass is 10.2. The molecule has 2 amide bonds. The Kier molecular flexibility index (Phi) is 5.13. The number of pyridine rings is 1. The number of halogens is 2. The largest absolute Gasteiger partial charge is 0.487 e. The molecule has 1 N–H and O–H groups in total. The Balaban J connectivity index is 1.50. The van der Waals surface area contributed by atoms with Crippen LogP contribution >= 0.6 is 0 Å². The maximum absolute atomic E-state index is 14.3. The lowest BCUT2D eigenvalue weighted by Crippen LogP contribution is -2.49. The number of nitrogens with zero attached hydrogens (tertiary/aromatic N) is 4. The summed E-state index contributed by atoms with van der Waals surface area (Å²) in [7, 11) is 1.51. The first-order chi connectivity index (χ1) is 14.4. The van der Waals surface area contributed by atoms with E-state index in [9.17, 15) is 18.4 Å². The van der Waals surface area contributed by atoms with Gasteiger partial charge in [-0.25, -0.2) is 13.8 Å². The maximum atomic E-state index is 14.3. The van der Waals surface area contributed by atoms with E-state index >= 15 is 0 Å². The molecular weight excluding hydrogens is 396 g/mol. The van der Waals surface area contributed by atoms with E-state index in [1.54, 1.807) is 18.2 Å². The van der Waals surface area contributed by atoms with Gasteiger partial charge in [0, 0.05) is 18.8 Å². The number of carbonyl (C=O) groups excluding carboxylic acids is 2. The van der Waals surface area contributed by atoms with Gasteiger partial charge in [0.15, 0.2) is 23.1 Å². The molecule has 1 aliphatic rings. The van der Waals surface area contributed by atoms with Gasteiger partial charge in [-0.2, -0.15) is 5.10 Å². The van der Waals surface area contributed by atoms with Gasteiger partial charge in [0.2, 0.25) is 0 Å². The minimum absolute atomic E-state index is 0.0495. The molecule has 0 saturated carbocycles. The number of likely N-dealkylation sites (N-methyl/N-ethyl adjacent to an activating group) is 1. The summed E-state index contributed by atoms with van der Waals surface area (Å²) >= 11 is 0. The lowest BCUT2D eigenvalue weighted by molar-refractivity contribution is -0.120. The Morgan fingerprint density at radius 3 is 2.83 bits per heavy atom. The van der Waals surface area contributed by atoms with Crippen LogP contribution in [0, 0.1) is 11.6 Å². The van der Waals surface area contributed by atoms with Crippen LogP contribution in [0.25, 0.3) is 0 Å². The molecule has 0 aliphatic carbocycles. The van der Waals surface area contributed by atoms with Gasteiger partial charge in [-0.05, 0) is 18.2 Å². The topological polar surface area (TPSA) is 89.4 Å². The lowest BCUT2D eigenvalue weighted by Gasteiger charge is -2.19. The van der Waals surface area contributed by atoms with Crippen molar-refractivity contribution in [3.8, 4) is 5.75 Å². The van der Waals surface area contributed by atoms with Crippen LogP contribution in [0.15, 0.2) is 48.8 Å². The van der Waals surface area contributed by atoms with E-state index < -0.39 is 35.2 Å². The van der Waals surface area contributed by atoms with Crippen molar-refractivity contribution in [2.24, 2.45) is 0 Å². The van der Waals surface area contributed by atoms with E-state index in [2.05, 4.69) is 15.4 Å². The summed E-state index contributed by atoms with van der Waals surface area (Å²) in [5, 5.41) is 6.35. The van der Waals surface area contributed by atoms with Crippen molar-refractivity contribution < 1.29 is 23.1 Å². The zero-order valence-corrected chi connectivity index (χ0v) is 15.9. The van der Waals surface area contributed by atoms with Crippen LogP contribution in [0.4, 0.5) is 14.6 Å². The summed E-state index contributed by atoms with van der Waals surface area (Å²) < 4.78 is 34.8. The number of amides is 2. The Morgan fingerprint density at radius 2 is 2.03 bits per heavy atom. The molecule has 154 valence electrons. The number of benzene rings is 1. The monoisotopic (exact) mass is 413 g/mol. The normalized spacial score (nSPS) is 15.9. The average Bonchev–Trinajstić information content (AvgIpc) is 3.06. The average molecular weight is 413 g/mol. The number of hydrogen-bond donors (Lipinski definition) is 1. The van der Waals surface area contributed by atoms with Crippen molar-refractivity contribution in [3.05, 3.63) is 71.7 Å². The molecule has 10 heteroatoms.